The summed E-state index contributed by atoms with van der Waals surface area (Å²) in [5.41, 5.74) is 2.82. The Balaban J connectivity index is 1.75. The van der Waals surface area contributed by atoms with Gasteiger partial charge in [0.15, 0.2) is 8.07 Å². The lowest BCUT2D eigenvalue weighted by molar-refractivity contribution is 1.70. The van der Waals surface area contributed by atoms with Gasteiger partial charge in [0.05, 0.1) is 0 Å². The third kappa shape index (κ3) is 2.26. The highest BCUT2D eigenvalue weighted by Gasteiger charge is 2.49. The van der Waals surface area contributed by atoms with E-state index in [4.69, 9.17) is 0 Å². The Kier molecular flexibility index (Phi) is 3.84. The first-order chi connectivity index (χ1) is 15.9. The van der Waals surface area contributed by atoms with Crippen molar-refractivity contribution in [3.8, 4) is 11.1 Å². The van der Waals surface area contributed by atoms with Crippen LogP contribution in [0.25, 0.3) is 31.3 Å². The lowest BCUT2D eigenvalue weighted by Crippen LogP contribution is -2.72. The number of hydrogen-bond acceptors (Lipinski definition) is 1. The molecule has 1 aliphatic rings. The number of thiophene rings is 1. The second-order valence-electron chi connectivity index (χ2n) is 8.49. The minimum absolute atomic E-state index is 1.37. The molecule has 6 aromatic rings. The summed E-state index contributed by atoms with van der Waals surface area (Å²) in [6.07, 6.45) is 0. The average Bonchev–Trinajstić information content (AvgIpc) is 3.39. The largest absolute Gasteiger partial charge is 0.182 e. The Morgan fingerprint density at radius 1 is 0.469 bits per heavy atom. The van der Waals surface area contributed by atoms with E-state index in [2.05, 4.69) is 121 Å². The van der Waals surface area contributed by atoms with Crippen molar-refractivity contribution in [3.05, 3.63) is 121 Å². The van der Waals surface area contributed by atoms with Crippen LogP contribution in [0.2, 0.25) is 0 Å². The molecular formula is C30H20SSi. The molecule has 2 heterocycles. The quantitative estimate of drug-likeness (QED) is 0.315. The molecule has 2 heteroatoms. The van der Waals surface area contributed by atoms with Crippen LogP contribution in [0.5, 0.6) is 0 Å². The van der Waals surface area contributed by atoms with Crippen LogP contribution in [0.15, 0.2) is 121 Å². The van der Waals surface area contributed by atoms with E-state index in [0.29, 0.717) is 0 Å². The average molecular weight is 441 g/mol. The molecule has 1 aromatic heterocycles. The monoisotopic (exact) mass is 440 g/mol. The molecule has 1 aliphatic heterocycles. The first kappa shape index (κ1) is 18.1. The van der Waals surface area contributed by atoms with Crippen molar-refractivity contribution in [1.29, 1.82) is 0 Å². The second-order valence-corrected chi connectivity index (χ2v) is 13.2. The topological polar surface area (TPSA) is 0 Å². The van der Waals surface area contributed by atoms with Crippen molar-refractivity contribution in [2.45, 2.75) is 0 Å². The van der Waals surface area contributed by atoms with Crippen molar-refractivity contribution >= 4 is 60.3 Å². The maximum absolute atomic E-state index is 2.44. The van der Waals surface area contributed by atoms with Crippen LogP contribution < -0.4 is 20.7 Å². The van der Waals surface area contributed by atoms with E-state index in [9.17, 15) is 0 Å². The first-order valence-electron chi connectivity index (χ1n) is 11.0. The molecule has 0 atom stereocenters. The van der Waals surface area contributed by atoms with Crippen molar-refractivity contribution in [2.24, 2.45) is 0 Å². The van der Waals surface area contributed by atoms with Crippen LogP contribution >= 0.6 is 11.3 Å². The summed E-state index contributed by atoms with van der Waals surface area (Å²) < 4.78 is 2.83. The normalized spacial score (nSPS) is 13.9. The number of fused-ring (bicyclic) bond motifs is 7. The highest BCUT2D eigenvalue weighted by Crippen LogP contribution is 2.39. The van der Waals surface area contributed by atoms with E-state index in [1.807, 2.05) is 11.3 Å². The molecule has 32 heavy (non-hydrogen) atoms. The van der Waals surface area contributed by atoms with E-state index < -0.39 is 8.07 Å². The van der Waals surface area contributed by atoms with Crippen molar-refractivity contribution in [3.63, 3.8) is 0 Å². The summed E-state index contributed by atoms with van der Waals surface area (Å²) in [6.45, 7) is 0. The van der Waals surface area contributed by atoms with Crippen molar-refractivity contribution < 1.29 is 0 Å². The zero-order valence-electron chi connectivity index (χ0n) is 17.5. The summed E-state index contributed by atoms with van der Waals surface area (Å²) in [7, 11) is -2.44. The van der Waals surface area contributed by atoms with E-state index >= 15 is 0 Å². The van der Waals surface area contributed by atoms with Crippen LogP contribution in [0.4, 0.5) is 0 Å². The molecule has 0 aliphatic carbocycles. The van der Waals surface area contributed by atoms with Gasteiger partial charge in [-0.3, -0.25) is 0 Å². The standard InChI is InChI=1S/C30H20SSi/c1-3-11-21(12-4-1)32(22-13-5-2-6-14-22)28-18-10-8-16-24(28)26-20-19-25-23-15-7-9-17-27(23)31-29(25)30(26)32/h1-20H. The third-order valence-electron chi connectivity index (χ3n) is 6.96. The molecule has 0 unspecified atom stereocenters. The van der Waals surface area contributed by atoms with Crippen LogP contribution in [-0.2, 0) is 0 Å². The van der Waals surface area contributed by atoms with Crippen LogP contribution in [0.1, 0.15) is 0 Å². The fourth-order valence-electron chi connectivity index (χ4n) is 5.71. The molecule has 0 bridgehead atoms. The van der Waals surface area contributed by atoms with Crippen LogP contribution in [-0.4, -0.2) is 8.07 Å². The van der Waals surface area contributed by atoms with Gasteiger partial charge in [-0.1, -0.05) is 115 Å². The SMILES string of the molecule is c1ccc([Si]2(c3ccccc3)c3ccccc3-c3ccc4c(sc5ccccc54)c32)cc1. The fraction of sp³-hybridized carbons (Fsp3) is 0. The first-order valence-corrected chi connectivity index (χ1v) is 13.9. The molecule has 0 N–H and O–H groups in total. The van der Waals surface area contributed by atoms with E-state index in [1.165, 1.54) is 46.9 Å². The molecule has 0 fully saturated rings. The molecule has 0 spiro atoms. The molecule has 5 aromatic carbocycles. The van der Waals surface area contributed by atoms with Crippen molar-refractivity contribution in [2.75, 3.05) is 0 Å². The van der Waals surface area contributed by atoms with Crippen LogP contribution in [0.3, 0.4) is 0 Å². The Labute approximate surface area is 192 Å². The fourth-order valence-corrected chi connectivity index (χ4v) is 12.7. The van der Waals surface area contributed by atoms with Gasteiger partial charge >= 0.3 is 0 Å². The molecule has 0 radical (unpaired) electrons. The van der Waals surface area contributed by atoms with Gasteiger partial charge in [-0.05, 0) is 37.9 Å². The van der Waals surface area contributed by atoms with Gasteiger partial charge in [0, 0.05) is 20.2 Å². The van der Waals surface area contributed by atoms with Gasteiger partial charge in [-0.15, -0.1) is 11.3 Å². The smallest absolute Gasteiger partial charge is 0.135 e. The summed E-state index contributed by atoms with van der Waals surface area (Å²) >= 11 is 1.96. The lowest BCUT2D eigenvalue weighted by Gasteiger charge is -2.31. The Bertz CT molecular complexity index is 1570. The zero-order valence-corrected chi connectivity index (χ0v) is 19.3. The molecule has 150 valence electrons. The van der Waals surface area contributed by atoms with E-state index in [1.54, 1.807) is 5.19 Å². The minimum atomic E-state index is -2.44. The molecule has 0 amide bonds. The van der Waals surface area contributed by atoms with Gasteiger partial charge in [0.25, 0.3) is 0 Å². The summed E-state index contributed by atoms with van der Waals surface area (Å²) in [5.74, 6) is 0. The summed E-state index contributed by atoms with van der Waals surface area (Å²) in [5, 5.41) is 8.76. The van der Waals surface area contributed by atoms with Gasteiger partial charge in [0.2, 0.25) is 0 Å². The molecule has 0 saturated carbocycles. The van der Waals surface area contributed by atoms with Gasteiger partial charge in [0.1, 0.15) is 0 Å². The molecule has 0 nitrogen and oxygen atoms in total. The third-order valence-corrected chi connectivity index (χ3v) is 13.3. The number of hydrogen-bond donors (Lipinski definition) is 0. The van der Waals surface area contributed by atoms with Gasteiger partial charge < -0.3 is 0 Å². The minimum Gasteiger partial charge on any atom is -0.135 e. The predicted octanol–water partition coefficient (Wildman–Crippen LogP) is 5.41. The number of benzene rings is 5. The predicted molar refractivity (Wildman–Crippen MR) is 142 cm³/mol. The van der Waals surface area contributed by atoms with E-state index in [-0.39, 0.29) is 0 Å². The Morgan fingerprint density at radius 3 is 1.84 bits per heavy atom. The molecular weight excluding hydrogens is 420 g/mol. The zero-order chi connectivity index (χ0) is 21.1. The highest BCUT2D eigenvalue weighted by atomic mass is 32.1. The summed E-state index contributed by atoms with van der Waals surface area (Å²) in [4.78, 5) is 0. The van der Waals surface area contributed by atoms with Gasteiger partial charge in [-0.25, -0.2) is 0 Å². The second kappa shape index (κ2) is 6.77. The van der Waals surface area contributed by atoms with Gasteiger partial charge in [-0.2, -0.15) is 0 Å². The summed E-state index contributed by atoms with van der Waals surface area (Å²) in [6, 6.07) is 45.3. The Morgan fingerprint density at radius 2 is 1.09 bits per heavy atom. The highest BCUT2D eigenvalue weighted by molar-refractivity contribution is 7.31. The maximum atomic E-state index is 2.39. The Hall–Kier alpha value is -3.46. The molecule has 7 rings (SSSR count). The van der Waals surface area contributed by atoms with Crippen molar-refractivity contribution in [1.82, 2.24) is 0 Å². The van der Waals surface area contributed by atoms with E-state index in [0.717, 1.165) is 0 Å². The lowest BCUT2D eigenvalue weighted by atomic mass is 10.0. The molecule has 0 saturated heterocycles. The van der Waals surface area contributed by atoms with Crippen LogP contribution in [0, 0.1) is 0 Å². The number of rotatable bonds is 2. The maximum Gasteiger partial charge on any atom is 0.182 e.